The third kappa shape index (κ3) is 2.23. The molecule has 3 N–H and O–H groups in total. The highest BCUT2D eigenvalue weighted by Crippen LogP contribution is 2.21. The van der Waals surface area contributed by atoms with Gasteiger partial charge in [0.1, 0.15) is 11.6 Å². The third-order valence-corrected chi connectivity index (χ3v) is 3.35. The van der Waals surface area contributed by atoms with Gasteiger partial charge in [0.05, 0.1) is 5.69 Å². The Kier molecular flexibility index (Phi) is 3.42. The Balaban J connectivity index is 2.31. The first-order chi connectivity index (χ1) is 10.7. The van der Waals surface area contributed by atoms with Crippen LogP contribution in [0.3, 0.4) is 0 Å². The van der Waals surface area contributed by atoms with E-state index in [1.165, 1.54) is 0 Å². The number of aromatic amines is 1. The summed E-state index contributed by atoms with van der Waals surface area (Å²) in [7, 11) is 0. The molecule has 0 aliphatic carbocycles. The van der Waals surface area contributed by atoms with Crippen molar-refractivity contribution in [2.24, 2.45) is 0 Å². The number of H-pyrrole nitrogens is 1. The second-order valence-corrected chi connectivity index (χ2v) is 4.73. The number of nitrogens with two attached hydrogens (primary N) is 1. The van der Waals surface area contributed by atoms with Crippen molar-refractivity contribution in [2.45, 2.75) is 0 Å². The van der Waals surface area contributed by atoms with Crippen molar-refractivity contribution in [3.05, 3.63) is 76.7 Å². The Morgan fingerprint density at radius 1 is 1.05 bits per heavy atom. The van der Waals surface area contributed by atoms with Crippen LogP contribution in [-0.4, -0.2) is 4.98 Å². The maximum absolute atomic E-state index is 12.7. The van der Waals surface area contributed by atoms with Gasteiger partial charge in [-0.3, -0.25) is 4.79 Å². The minimum atomic E-state index is -0.395. The van der Waals surface area contributed by atoms with E-state index in [-0.39, 0.29) is 17.1 Å². The molecule has 0 atom stereocenters. The van der Waals surface area contributed by atoms with Crippen LogP contribution in [0.1, 0.15) is 5.56 Å². The average Bonchev–Trinajstić information content (AvgIpc) is 2.56. The molecule has 22 heavy (non-hydrogen) atoms. The fourth-order valence-corrected chi connectivity index (χ4v) is 2.34. The van der Waals surface area contributed by atoms with Crippen LogP contribution in [0.4, 0.5) is 5.82 Å². The third-order valence-electron chi connectivity index (χ3n) is 3.35. The maximum atomic E-state index is 12.7. The van der Waals surface area contributed by atoms with Gasteiger partial charge in [-0.05, 0) is 5.56 Å². The Morgan fingerprint density at radius 2 is 1.68 bits per heavy atom. The van der Waals surface area contributed by atoms with Crippen molar-refractivity contribution in [1.29, 1.82) is 5.26 Å². The highest BCUT2D eigenvalue weighted by Gasteiger charge is 2.23. The first-order valence-electron chi connectivity index (χ1n) is 6.70. The SMILES string of the molecule is N#Cc1c(-c2ccccc2)[nH]c(N)c(-[n+]2ccccc2)c1=O. The summed E-state index contributed by atoms with van der Waals surface area (Å²) in [5, 5.41) is 9.40. The van der Waals surface area contributed by atoms with Crippen LogP contribution in [0.25, 0.3) is 16.9 Å². The summed E-state index contributed by atoms with van der Waals surface area (Å²) in [5.74, 6) is 0.221. The number of hydrogen-bond acceptors (Lipinski definition) is 3. The summed E-state index contributed by atoms with van der Waals surface area (Å²) in [6.45, 7) is 0. The summed E-state index contributed by atoms with van der Waals surface area (Å²) >= 11 is 0. The van der Waals surface area contributed by atoms with Crippen LogP contribution in [0.2, 0.25) is 0 Å². The standard InChI is InChI=1S/C17H12N4O/c18-11-13-14(12-7-3-1-4-8-12)20-17(19)15(16(13)22)21-9-5-2-6-10-21/h1-10H,(H2-,19,20,22)/p+1. The quantitative estimate of drug-likeness (QED) is 0.705. The van der Waals surface area contributed by atoms with E-state index in [4.69, 9.17) is 5.73 Å². The Bertz CT molecular complexity index is 909. The summed E-state index contributed by atoms with van der Waals surface area (Å²) < 4.78 is 1.60. The summed E-state index contributed by atoms with van der Waals surface area (Å²) in [5.41, 5.74) is 7.11. The smallest absolute Gasteiger partial charge is 0.300 e. The molecule has 0 saturated heterocycles. The molecule has 0 spiro atoms. The number of nitrogens with zero attached hydrogens (tertiary/aromatic N) is 2. The maximum Gasteiger partial charge on any atom is 0.300 e. The highest BCUT2D eigenvalue weighted by molar-refractivity contribution is 5.70. The van der Waals surface area contributed by atoms with Crippen molar-refractivity contribution >= 4 is 5.82 Å². The minimum Gasteiger partial charge on any atom is -0.380 e. The lowest BCUT2D eigenvalue weighted by Gasteiger charge is -2.07. The molecule has 0 saturated carbocycles. The van der Waals surface area contributed by atoms with Gasteiger partial charge in [-0.25, -0.2) is 0 Å². The monoisotopic (exact) mass is 289 g/mol. The highest BCUT2D eigenvalue weighted by atomic mass is 16.1. The molecule has 1 aromatic carbocycles. The lowest BCUT2D eigenvalue weighted by molar-refractivity contribution is -0.596. The van der Waals surface area contributed by atoms with Gasteiger partial charge in [0.25, 0.3) is 11.1 Å². The molecule has 0 bridgehead atoms. The second-order valence-electron chi connectivity index (χ2n) is 4.73. The molecule has 2 aromatic heterocycles. The molecule has 106 valence electrons. The number of nitrogens with one attached hydrogen (secondary N) is 1. The van der Waals surface area contributed by atoms with Crippen LogP contribution < -0.4 is 15.7 Å². The van der Waals surface area contributed by atoms with Crippen LogP contribution in [-0.2, 0) is 0 Å². The van der Waals surface area contributed by atoms with Gasteiger partial charge in [0.2, 0.25) is 0 Å². The van der Waals surface area contributed by atoms with Crippen LogP contribution >= 0.6 is 0 Å². The number of hydrogen-bond donors (Lipinski definition) is 2. The van der Waals surface area contributed by atoms with Crippen molar-refractivity contribution in [1.82, 2.24) is 4.98 Å². The van der Waals surface area contributed by atoms with Gasteiger partial charge in [-0.15, -0.1) is 0 Å². The molecular formula is C17H13N4O+. The van der Waals surface area contributed by atoms with Gasteiger partial charge in [-0.1, -0.05) is 36.4 Å². The van der Waals surface area contributed by atoms with E-state index in [1.807, 2.05) is 42.5 Å². The van der Waals surface area contributed by atoms with Gasteiger partial charge in [0, 0.05) is 12.1 Å². The van der Waals surface area contributed by atoms with Crippen LogP contribution in [0, 0.1) is 11.3 Å². The zero-order chi connectivity index (χ0) is 15.5. The van der Waals surface area contributed by atoms with Gasteiger partial charge < -0.3 is 10.7 Å². The fourth-order valence-electron chi connectivity index (χ4n) is 2.34. The van der Waals surface area contributed by atoms with Crippen molar-refractivity contribution < 1.29 is 4.57 Å². The molecule has 0 unspecified atom stereocenters. The van der Waals surface area contributed by atoms with Crippen molar-refractivity contribution in [3.8, 4) is 23.0 Å². The first kappa shape index (κ1) is 13.6. The van der Waals surface area contributed by atoms with E-state index >= 15 is 0 Å². The largest absolute Gasteiger partial charge is 0.380 e. The number of nitriles is 1. The molecule has 0 amide bonds. The molecule has 0 radical (unpaired) electrons. The number of benzene rings is 1. The number of rotatable bonds is 2. The van der Waals surface area contributed by atoms with Crippen molar-refractivity contribution in [3.63, 3.8) is 0 Å². The molecule has 0 aliphatic heterocycles. The summed E-state index contributed by atoms with van der Waals surface area (Å²) in [6, 6.07) is 16.6. The number of anilines is 1. The van der Waals surface area contributed by atoms with E-state index in [0.717, 1.165) is 5.56 Å². The number of pyridine rings is 2. The van der Waals surface area contributed by atoms with E-state index in [1.54, 1.807) is 29.1 Å². The molecule has 3 aromatic rings. The fraction of sp³-hybridized carbons (Fsp3) is 0. The Hall–Kier alpha value is -3.39. The zero-order valence-electron chi connectivity index (χ0n) is 11.7. The zero-order valence-corrected chi connectivity index (χ0v) is 11.7. The Labute approximate surface area is 126 Å². The average molecular weight is 289 g/mol. The van der Waals surface area contributed by atoms with E-state index < -0.39 is 5.43 Å². The summed E-state index contributed by atoms with van der Waals surface area (Å²) in [6.07, 6.45) is 3.43. The molecule has 2 heterocycles. The number of aromatic nitrogens is 2. The molecular weight excluding hydrogens is 276 g/mol. The van der Waals surface area contributed by atoms with Crippen LogP contribution in [0.15, 0.2) is 65.7 Å². The molecule has 5 heteroatoms. The Morgan fingerprint density at radius 3 is 2.32 bits per heavy atom. The molecule has 0 aliphatic rings. The first-order valence-corrected chi connectivity index (χ1v) is 6.70. The predicted molar refractivity (Wildman–Crippen MR) is 83.2 cm³/mol. The van der Waals surface area contributed by atoms with Crippen molar-refractivity contribution in [2.75, 3.05) is 5.73 Å². The number of nitrogen functional groups attached to an aromatic ring is 1. The molecule has 3 rings (SSSR count). The topological polar surface area (TPSA) is 86.5 Å². The molecule has 5 nitrogen and oxygen atoms in total. The minimum absolute atomic E-state index is 0.0479. The lowest BCUT2D eigenvalue weighted by Crippen LogP contribution is -2.38. The predicted octanol–water partition coefficient (Wildman–Crippen LogP) is 1.77. The lowest BCUT2D eigenvalue weighted by atomic mass is 10.1. The van der Waals surface area contributed by atoms with Crippen LogP contribution in [0.5, 0.6) is 0 Å². The van der Waals surface area contributed by atoms with Gasteiger partial charge in [-0.2, -0.15) is 9.83 Å². The second kappa shape index (κ2) is 5.54. The van der Waals surface area contributed by atoms with Gasteiger partial charge >= 0.3 is 0 Å². The van der Waals surface area contributed by atoms with Gasteiger partial charge in [0.15, 0.2) is 18.2 Å². The molecule has 0 fully saturated rings. The van der Waals surface area contributed by atoms with E-state index in [2.05, 4.69) is 4.98 Å². The van der Waals surface area contributed by atoms with E-state index in [0.29, 0.717) is 5.69 Å². The summed E-state index contributed by atoms with van der Waals surface area (Å²) in [4.78, 5) is 15.7. The van der Waals surface area contributed by atoms with E-state index in [9.17, 15) is 10.1 Å². The normalized spacial score (nSPS) is 10.1.